The summed E-state index contributed by atoms with van der Waals surface area (Å²) in [5, 5.41) is 16.7. The van der Waals surface area contributed by atoms with E-state index >= 15 is 0 Å². The summed E-state index contributed by atoms with van der Waals surface area (Å²) >= 11 is 0. The van der Waals surface area contributed by atoms with E-state index in [-0.39, 0.29) is 30.3 Å². The molecule has 0 spiro atoms. The van der Waals surface area contributed by atoms with Gasteiger partial charge in [-0.3, -0.25) is 19.6 Å². The molecule has 4 heterocycles. The van der Waals surface area contributed by atoms with Crippen LogP contribution in [0.4, 0.5) is 10.5 Å². The minimum absolute atomic E-state index is 0.00275. The fraction of sp³-hybridized carbons (Fsp3) is 0.556. The third-order valence-electron chi connectivity index (χ3n) is 6.77. The van der Waals surface area contributed by atoms with E-state index in [1.165, 1.54) is 4.90 Å². The van der Waals surface area contributed by atoms with Crippen LogP contribution in [0.1, 0.15) is 37.6 Å². The summed E-state index contributed by atoms with van der Waals surface area (Å²) in [4.78, 5) is 43.9. The van der Waals surface area contributed by atoms with Crippen molar-refractivity contribution in [2.75, 3.05) is 19.7 Å². The van der Waals surface area contributed by atoms with Gasteiger partial charge in [-0.1, -0.05) is 19.6 Å². The van der Waals surface area contributed by atoms with Crippen molar-refractivity contribution in [2.45, 2.75) is 65.2 Å². The number of carbonyl (C=O) groups excluding carboxylic acids is 2. The van der Waals surface area contributed by atoms with Crippen LogP contribution in [0, 0.1) is 16.0 Å². The van der Waals surface area contributed by atoms with Crippen LogP contribution in [-0.2, 0) is 23.3 Å². The molecular formula is C27H38N6O6Si. The number of ether oxygens (including phenoxy) is 2. The Bertz CT molecular complexity index is 1430. The molecule has 1 aliphatic heterocycles. The number of carbonyl (C=O) groups is 2. The number of likely N-dealkylation sites (tertiary alicyclic amines) is 1. The minimum Gasteiger partial charge on any atom is -0.444 e. The van der Waals surface area contributed by atoms with Gasteiger partial charge in [-0.05, 0) is 39.3 Å². The van der Waals surface area contributed by atoms with Crippen LogP contribution in [0.2, 0.25) is 25.7 Å². The molecule has 0 aliphatic carbocycles. The zero-order valence-corrected chi connectivity index (χ0v) is 25.3. The van der Waals surface area contributed by atoms with E-state index in [9.17, 15) is 19.7 Å². The molecule has 0 N–H and O–H groups in total. The van der Waals surface area contributed by atoms with E-state index in [4.69, 9.17) is 9.47 Å². The molecule has 1 atom stereocenters. The Morgan fingerprint density at radius 3 is 2.55 bits per heavy atom. The van der Waals surface area contributed by atoms with Crippen molar-refractivity contribution in [3.63, 3.8) is 0 Å². The first-order valence-corrected chi connectivity index (χ1v) is 17.1. The minimum atomic E-state index is -1.31. The molecule has 4 rings (SSSR count). The fourth-order valence-corrected chi connectivity index (χ4v) is 5.47. The summed E-state index contributed by atoms with van der Waals surface area (Å²) in [7, 11) is 0.488. The largest absolute Gasteiger partial charge is 0.444 e. The molecule has 1 fully saturated rings. The molecule has 0 radical (unpaired) electrons. The van der Waals surface area contributed by atoms with Gasteiger partial charge in [-0.15, -0.1) is 0 Å². The highest BCUT2D eigenvalue weighted by Gasteiger charge is 2.38. The van der Waals surface area contributed by atoms with Gasteiger partial charge in [-0.2, -0.15) is 5.10 Å². The molecule has 13 heteroatoms. The Hall–Kier alpha value is -3.58. The second-order valence-electron chi connectivity index (χ2n) is 12.5. The van der Waals surface area contributed by atoms with Crippen LogP contribution >= 0.6 is 0 Å². The normalized spacial score (nSPS) is 16.1. The van der Waals surface area contributed by atoms with Crippen molar-refractivity contribution in [2.24, 2.45) is 13.0 Å². The van der Waals surface area contributed by atoms with E-state index in [0.717, 1.165) is 17.8 Å². The predicted octanol–water partition coefficient (Wildman–Crippen LogP) is 5.10. The van der Waals surface area contributed by atoms with E-state index in [0.29, 0.717) is 36.3 Å². The highest BCUT2D eigenvalue weighted by atomic mass is 28.3. The topological polar surface area (TPSA) is 135 Å². The molecule has 0 bridgehead atoms. The van der Waals surface area contributed by atoms with Gasteiger partial charge in [0.2, 0.25) is 0 Å². The number of nitro groups is 1. The van der Waals surface area contributed by atoms with Crippen LogP contribution in [0.3, 0.4) is 0 Å². The first kappa shape index (κ1) is 29.4. The summed E-state index contributed by atoms with van der Waals surface area (Å²) in [6.45, 7) is 13.4. The first-order valence-electron chi connectivity index (χ1n) is 13.4. The SMILES string of the molecule is Cn1cc(-c2cc3c(C(=O)C4CCN(C(=O)OC(C)(C)C)C4)c([N+](=O)[O-])cnc3n2COCC[Si](C)(C)C)cn1. The number of ketones is 1. The van der Waals surface area contributed by atoms with Crippen molar-refractivity contribution < 1.29 is 24.0 Å². The number of hydrogen-bond donors (Lipinski definition) is 0. The van der Waals surface area contributed by atoms with Crippen molar-refractivity contribution >= 4 is 36.7 Å². The third-order valence-corrected chi connectivity index (χ3v) is 8.48. The molecule has 1 amide bonds. The molecule has 12 nitrogen and oxygen atoms in total. The van der Waals surface area contributed by atoms with Gasteiger partial charge in [0.1, 0.15) is 29.7 Å². The van der Waals surface area contributed by atoms with Gasteiger partial charge >= 0.3 is 6.09 Å². The zero-order valence-electron chi connectivity index (χ0n) is 24.3. The molecule has 1 unspecified atom stereocenters. The molecular weight excluding hydrogens is 532 g/mol. The maximum absolute atomic E-state index is 13.9. The van der Waals surface area contributed by atoms with Gasteiger partial charge in [0, 0.05) is 57.9 Å². The maximum atomic E-state index is 13.9. The van der Waals surface area contributed by atoms with Crippen molar-refractivity contribution in [1.82, 2.24) is 24.2 Å². The number of fused-ring (bicyclic) bond motifs is 1. The number of pyridine rings is 1. The standard InChI is InChI=1S/C27H38N6O6Si/c1-27(2,3)39-26(35)31-9-8-18(16-31)24(34)23-20-12-21(19-13-29-30(4)15-19)32(17-38-10-11-40(5,6)7)25(20)28-14-22(23)33(36)37/h12-15,18H,8-11,16-17H2,1-7H3. The molecule has 1 saturated heterocycles. The number of nitrogens with zero attached hydrogens (tertiary/aromatic N) is 6. The van der Waals surface area contributed by atoms with Gasteiger partial charge < -0.3 is 18.9 Å². The third kappa shape index (κ3) is 6.58. The van der Waals surface area contributed by atoms with Gasteiger partial charge in [0.15, 0.2) is 5.78 Å². The number of rotatable bonds is 9. The quantitative estimate of drug-likeness (QED) is 0.114. The van der Waals surface area contributed by atoms with Crippen LogP contribution in [0.5, 0.6) is 0 Å². The number of aryl methyl sites for hydroxylation is 1. The number of Topliss-reactive ketones (excluding diaryl/α,β-unsaturated/α-hetero) is 1. The molecule has 0 aromatic carbocycles. The summed E-state index contributed by atoms with van der Waals surface area (Å²) in [5.41, 5.74) is 0.854. The van der Waals surface area contributed by atoms with E-state index in [2.05, 4.69) is 29.7 Å². The van der Waals surface area contributed by atoms with Crippen molar-refractivity contribution in [3.05, 3.63) is 40.3 Å². The second-order valence-corrected chi connectivity index (χ2v) is 18.1. The highest BCUT2D eigenvalue weighted by Crippen LogP contribution is 2.36. The van der Waals surface area contributed by atoms with Crippen molar-refractivity contribution in [3.8, 4) is 11.3 Å². The summed E-state index contributed by atoms with van der Waals surface area (Å²) in [6.07, 6.45) is 4.55. The van der Waals surface area contributed by atoms with Gasteiger partial charge in [0.05, 0.1) is 16.8 Å². The Labute approximate surface area is 234 Å². The smallest absolute Gasteiger partial charge is 0.410 e. The lowest BCUT2D eigenvalue weighted by atomic mass is 9.94. The molecule has 3 aromatic rings. The first-order chi connectivity index (χ1) is 18.6. The number of amides is 1. The molecule has 0 saturated carbocycles. The van der Waals surface area contributed by atoms with E-state index in [1.54, 1.807) is 44.8 Å². The predicted molar refractivity (Wildman–Crippen MR) is 153 cm³/mol. The maximum Gasteiger partial charge on any atom is 0.410 e. The molecule has 40 heavy (non-hydrogen) atoms. The van der Waals surface area contributed by atoms with Gasteiger partial charge in [0.25, 0.3) is 5.69 Å². The lowest BCUT2D eigenvalue weighted by Gasteiger charge is -2.24. The summed E-state index contributed by atoms with van der Waals surface area (Å²) in [6, 6.07) is 2.73. The van der Waals surface area contributed by atoms with E-state index < -0.39 is 30.6 Å². The van der Waals surface area contributed by atoms with Crippen LogP contribution in [0.25, 0.3) is 22.3 Å². The zero-order chi connectivity index (χ0) is 29.4. The number of aromatic nitrogens is 4. The van der Waals surface area contributed by atoms with Gasteiger partial charge in [-0.25, -0.2) is 9.78 Å². The fourth-order valence-electron chi connectivity index (χ4n) is 4.71. The lowest BCUT2D eigenvalue weighted by Crippen LogP contribution is -2.35. The van der Waals surface area contributed by atoms with Crippen LogP contribution in [-0.4, -0.2) is 74.4 Å². The summed E-state index contributed by atoms with van der Waals surface area (Å²) < 4.78 is 15.0. The monoisotopic (exact) mass is 570 g/mol. The average Bonchev–Trinajstić information content (AvgIpc) is 3.57. The van der Waals surface area contributed by atoms with E-state index in [1.807, 2.05) is 10.8 Å². The summed E-state index contributed by atoms with van der Waals surface area (Å²) in [5.74, 6) is -0.991. The Balaban J connectivity index is 1.73. The number of hydrogen-bond acceptors (Lipinski definition) is 8. The molecule has 3 aromatic heterocycles. The van der Waals surface area contributed by atoms with Crippen molar-refractivity contribution in [1.29, 1.82) is 0 Å². The molecule has 1 aliphatic rings. The molecule has 216 valence electrons. The highest BCUT2D eigenvalue weighted by molar-refractivity contribution is 6.76. The Morgan fingerprint density at radius 1 is 1.23 bits per heavy atom. The second kappa shape index (κ2) is 11.1. The lowest BCUT2D eigenvalue weighted by molar-refractivity contribution is -0.385. The average molecular weight is 571 g/mol. The van der Waals surface area contributed by atoms with Crippen LogP contribution in [0.15, 0.2) is 24.7 Å². The Morgan fingerprint density at radius 2 is 1.95 bits per heavy atom. The van der Waals surface area contributed by atoms with Crippen LogP contribution < -0.4 is 0 Å². The Kier molecular flexibility index (Phi) is 8.17.